The molecule has 2 heterocycles. The summed E-state index contributed by atoms with van der Waals surface area (Å²) >= 11 is 0. The lowest BCUT2D eigenvalue weighted by Gasteiger charge is -2.33. The standard InChI is InChI=1S/C20H30N2O2/c1-15(2)19-13-17(10-12-24-19)21-20(23)18-9-6-11-22(18)14-16-7-4-3-5-8-16/h3-5,7-8,15,17-19H,6,9-14H2,1-2H3,(H,21,23)/t17-,18+,19+/m1/s1. The van der Waals surface area contributed by atoms with Gasteiger partial charge in [-0.1, -0.05) is 44.2 Å². The molecule has 4 nitrogen and oxygen atoms in total. The van der Waals surface area contributed by atoms with Gasteiger partial charge in [0.1, 0.15) is 0 Å². The SMILES string of the molecule is CC(C)[C@@H]1C[C@H](NC(=O)[C@@H]2CCCN2Cc2ccccc2)CCO1. The molecule has 2 aliphatic rings. The number of hydrogen-bond donors (Lipinski definition) is 1. The molecule has 1 aromatic rings. The highest BCUT2D eigenvalue weighted by Crippen LogP contribution is 2.23. The first-order valence-corrected chi connectivity index (χ1v) is 9.33. The molecule has 2 fully saturated rings. The van der Waals surface area contributed by atoms with Crippen LogP contribution in [0.2, 0.25) is 0 Å². The van der Waals surface area contributed by atoms with E-state index >= 15 is 0 Å². The molecular formula is C20H30N2O2. The monoisotopic (exact) mass is 330 g/mol. The number of benzene rings is 1. The van der Waals surface area contributed by atoms with Crippen LogP contribution in [-0.4, -0.2) is 42.1 Å². The van der Waals surface area contributed by atoms with Gasteiger partial charge in [-0.3, -0.25) is 9.69 Å². The molecule has 24 heavy (non-hydrogen) atoms. The molecule has 0 spiro atoms. The highest BCUT2D eigenvalue weighted by atomic mass is 16.5. The summed E-state index contributed by atoms with van der Waals surface area (Å²) in [5, 5.41) is 3.30. The first-order chi connectivity index (χ1) is 11.6. The fraction of sp³-hybridized carbons (Fsp3) is 0.650. The van der Waals surface area contributed by atoms with Gasteiger partial charge in [0.25, 0.3) is 0 Å². The number of carbonyl (C=O) groups is 1. The third-order valence-electron chi connectivity index (χ3n) is 5.30. The Morgan fingerprint density at radius 2 is 2.08 bits per heavy atom. The third-order valence-corrected chi connectivity index (χ3v) is 5.30. The van der Waals surface area contributed by atoms with Crippen molar-refractivity contribution in [2.75, 3.05) is 13.2 Å². The summed E-state index contributed by atoms with van der Waals surface area (Å²) in [7, 11) is 0. The second kappa shape index (κ2) is 8.13. The Bertz CT molecular complexity index is 532. The molecule has 4 heteroatoms. The fourth-order valence-electron chi connectivity index (χ4n) is 3.85. The molecule has 0 aromatic heterocycles. The molecule has 0 saturated carbocycles. The van der Waals surface area contributed by atoms with Crippen LogP contribution in [0.5, 0.6) is 0 Å². The summed E-state index contributed by atoms with van der Waals surface area (Å²) in [6, 6.07) is 10.7. The predicted octanol–water partition coefficient (Wildman–Crippen LogP) is 2.97. The van der Waals surface area contributed by atoms with E-state index in [2.05, 4.69) is 48.3 Å². The van der Waals surface area contributed by atoms with E-state index in [0.717, 1.165) is 45.4 Å². The normalized spacial score (nSPS) is 28.2. The van der Waals surface area contributed by atoms with Crippen molar-refractivity contribution in [1.82, 2.24) is 10.2 Å². The van der Waals surface area contributed by atoms with Gasteiger partial charge in [0.2, 0.25) is 5.91 Å². The number of nitrogens with zero attached hydrogens (tertiary/aromatic N) is 1. The second-order valence-corrected chi connectivity index (χ2v) is 7.50. The topological polar surface area (TPSA) is 41.6 Å². The summed E-state index contributed by atoms with van der Waals surface area (Å²) in [6.45, 7) is 7.00. The molecule has 1 N–H and O–H groups in total. The van der Waals surface area contributed by atoms with E-state index in [-0.39, 0.29) is 24.1 Å². The van der Waals surface area contributed by atoms with Crippen LogP contribution in [0.15, 0.2) is 30.3 Å². The minimum atomic E-state index is 0.0190. The van der Waals surface area contributed by atoms with Crippen molar-refractivity contribution in [3.8, 4) is 0 Å². The van der Waals surface area contributed by atoms with Crippen molar-refractivity contribution < 1.29 is 9.53 Å². The van der Waals surface area contributed by atoms with Crippen molar-refractivity contribution >= 4 is 5.91 Å². The number of nitrogens with one attached hydrogen (secondary N) is 1. The second-order valence-electron chi connectivity index (χ2n) is 7.50. The van der Waals surface area contributed by atoms with Gasteiger partial charge in [-0.25, -0.2) is 0 Å². The van der Waals surface area contributed by atoms with Crippen molar-refractivity contribution in [3.63, 3.8) is 0 Å². The van der Waals surface area contributed by atoms with Crippen LogP contribution in [0.4, 0.5) is 0 Å². The Kier molecular flexibility index (Phi) is 5.90. The fourth-order valence-corrected chi connectivity index (χ4v) is 3.85. The summed E-state index contributed by atoms with van der Waals surface area (Å²) in [5.74, 6) is 0.712. The van der Waals surface area contributed by atoms with Gasteiger partial charge in [-0.15, -0.1) is 0 Å². The van der Waals surface area contributed by atoms with Crippen molar-refractivity contribution in [2.24, 2.45) is 5.92 Å². The van der Waals surface area contributed by atoms with Crippen LogP contribution in [0.3, 0.4) is 0 Å². The van der Waals surface area contributed by atoms with Gasteiger partial charge in [0, 0.05) is 19.2 Å². The first kappa shape index (κ1) is 17.4. The van der Waals surface area contributed by atoms with Crippen molar-refractivity contribution in [1.29, 1.82) is 0 Å². The van der Waals surface area contributed by atoms with Gasteiger partial charge in [0.05, 0.1) is 12.1 Å². The van der Waals surface area contributed by atoms with E-state index in [1.165, 1.54) is 5.56 Å². The Hall–Kier alpha value is -1.39. The quantitative estimate of drug-likeness (QED) is 0.902. The minimum Gasteiger partial charge on any atom is -0.378 e. The van der Waals surface area contributed by atoms with E-state index in [1.807, 2.05) is 6.07 Å². The average Bonchev–Trinajstić information content (AvgIpc) is 3.04. The Labute approximate surface area is 145 Å². The van der Waals surface area contributed by atoms with E-state index in [9.17, 15) is 4.79 Å². The Morgan fingerprint density at radius 3 is 2.83 bits per heavy atom. The summed E-state index contributed by atoms with van der Waals surface area (Å²) < 4.78 is 5.82. The summed E-state index contributed by atoms with van der Waals surface area (Å²) in [6.07, 6.45) is 4.21. The van der Waals surface area contributed by atoms with Gasteiger partial charge in [-0.2, -0.15) is 0 Å². The van der Waals surface area contributed by atoms with Crippen molar-refractivity contribution in [2.45, 2.75) is 64.3 Å². The molecule has 2 saturated heterocycles. The molecule has 0 bridgehead atoms. The molecule has 3 rings (SSSR count). The lowest BCUT2D eigenvalue weighted by molar-refractivity contribution is -0.127. The molecular weight excluding hydrogens is 300 g/mol. The van der Waals surface area contributed by atoms with Crippen LogP contribution in [0.1, 0.15) is 45.1 Å². The van der Waals surface area contributed by atoms with E-state index in [1.54, 1.807) is 0 Å². The minimum absolute atomic E-state index is 0.0190. The van der Waals surface area contributed by atoms with Crippen LogP contribution in [0, 0.1) is 5.92 Å². The molecule has 0 unspecified atom stereocenters. The zero-order valence-electron chi connectivity index (χ0n) is 14.9. The number of likely N-dealkylation sites (tertiary alicyclic amines) is 1. The lowest BCUT2D eigenvalue weighted by atomic mass is 9.95. The Balaban J connectivity index is 1.55. The average molecular weight is 330 g/mol. The largest absolute Gasteiger partial charge is 0.378 e. The molecule has 1 amide bonds. The van der Waals surface area contributed by atoms with E-state index < -0.39 is 0 Å². The van der Waals surface area contributed by atoms with Crippen LogP contribution in [-0.2, 0) is 16.1 Å². The number of hydrogen-bond acceptors (Lipinski definition) is 3. The number of amides is 1. The van der Waals surface area contributed by atoms with Crippen LogP contribution < -0.4 is 5.32 Å². The van der Waals surface area contributed by atoms with Crippen molar-refractivity contribution in [3.05, 3.63) is 35.9 Å². The van der Waals surface area contributed by atoms with E-state index in [0.29, 0.717) is 5.92 Å². The lowest BCUT2D eigenvalue weighted by Crippen LogP contribution is -2.49. The van der Waals surface area contributed by atoms with E-state index in [4.69, 9.17) is 4.74 Å². The number of carbonyl (C=O) groups excluding carboxylic acids is 1. The number of ether oxygens (including phenoxy) is 1. The van der Waals surface area contributed by atoms with Gasteiger partial charge in [0.15, 0.2) is 0 Å². The predicted molar refractivity (Wildman–Crippen MR) is 95.6 cm³/mol. The van der Waals surface area contributed by atoms with Gasteiger partial charge in [-0.05, 0) is 43.7 Å². The molecule has 1 aromatic carbocycles. The zero-order valence-corrected chi connectivity index (χ0v) is 14.9. The highest BCUT2D eigenvalue weighted by Gasteiger charge is 2.33. The number of rotatable bonds is 5. The smallest absolute Gasteiger partial charge is 0.237 e. The maximum absolute atomic E-state index is 12.8. The maximum atomic E-state index is 12.8. The Morgan fingerprint density at radius 1 is 1.29 bits per heavy atom. The van der Waals surface area contributed by atoms with Crippen LogP contribution in [0.25, 0.3) is 0 Å². The van der Waals surface area contributed by atoms with Crippen LogP contribution >= 0.6 is 0 Å². The highest BCUT2D eigenvalue weighted by molar-refractivity contribution is 5.82. The zero-order chi connectivity index (χ0) is 16.9. The molecule has 2 aliphatic heterocycles. The molecule has 132 valence electrons. The summed E-state index contributed by atoms with van der Waals surface area (Å²) in [4.78, 5) is 15.1. The first-order valence-electron chi connectivity index (χ1n) is 9.33. The third kappa shape index (κ3) is 4.37. The molecule has 3 atom stereocenters. The molecule has 0 aliphatic carbocycles. The maximum Gasteiger partial charge on any atom is 0.237 e. The summed E-state index contributed by atoms with van der Waals surface area (Å²) in [5.41, 5.74) is 1.28. The molecule has 0 radical (unpaired) electrons. The van der Waals surface area contributed by atoms with Gasteiger partial charge < -0.3 is 10.1 Å². The van der Waals surface area contributed by atoms with Gasteiger partial charge >= 0.3 is 0 Å².